The summed E-state index contributed by atoms with van der Waals surface area (Å²) in [6, 6.07) is 10.3. The lowest BCUT2D eigenvalue weighted by Crippen LogP contribution is -2.20. The van der Waals surface area contributed by atoms with Crippen molar-refractivity contribution >= 4 is 0 Å². The number of pyridine rings is 1. The van der Waals surface area contributed by atoms with E-state index in [0.717, 1.165) is 23.4 Å². The van der Waals surface area contributed by atoms with Gasteiger partial charge in [-0.3, -0.25) is 9.67 Å². The largest absolute Gasteiger partial charge is 0.416 e. The van der Waals surface area contributed by atoms with Crippen LogP contribution in [0.1, 0.15) is 11.1 Å². The Kier molecular flexibility index (Phi) is 4.85. The fourth-order valence-electron chi connectivity index (χ4n) is 2.61. The number of alkyl halides is 3. The average Bonchev–Trinajstić information content (AvgIpc) is 3.03. The summed E-state index contributed by atoms with van der Waals surface area (Å²) in [6.45, 7) is 0.242. The zero-order valence-electron chi connectivity index (χ0n) is 13.2. The van der Waals surface area contributed by atoms with Crippen LogP contribution in [0.3, 0.4) is 0 Å². The zero-order valence-corrected chi connectivity index (χ0v) is 13.2. The van der Waals surface area contributed by atoms with Gasteiger partial charge in [-0.1, -0.05) is 12.1 Å². The average molecular weight is 347 g/mol. The van der Waals surface area contributed by atoms with Gasteiger partial charge in [0, 0.05) is 30.6 Å². The minimum Gasteiger partial charge on any atom is -0.391 e. The molecule has 1 atom stereocenters. The molecule has 2 aromatic heterocycles. The Morgan fingerprint density at radius 3 is 2.28 bits per heavy atom. The summed E-state index contributed by atoms with van der Waals surface area (Å²) in [7, 11) is 0. The Labute approximate surface area is 142 Å². The van der Waals surface area contributed by atoms with E-state index in [0.29, 0.717) is 5.56 Å². The van der Waals surface area contributed by atoms with Gasteiger partial charge in [-0.25, -0.2) is 0 Å². The van der Waals surface area contributed by atoms with Crippen molar-refractivity contribution < 1.29 is 18.3 Å². The number of aromatic nitrogens is 3. The molecule has 2 heterocycles. The molecule has 0 spiro atoms. The maximum Gasteiger partial charge on any atom is 0.416 e. The molecule has 3 rings (SSSR count). The van der Waals surface area contributed by atoms with Gasteiger partial charge in [0.2, 0.25) is 0 Å². The van der Waals surface area contributed by atoms with Crippen molar-refractivity contribution in [3.05, 3.63) is 72.2 Å². The molecule has 25 heavy (non-hydrogen) atoms. The fraction of sp³-hybridized carbons (Fsp3) is 0.222. The van der Waals surface area contributed by atoms with Crippen LogP contribution in [0, 0.1) is 0 Å². The molecule has 1 aromatic carbocycles. The smallest absolute Gasteiger partial charge is 0.391 e. The van der Waals surface area contributed by atoms with Gasteiger partial charge in [0.15, 0.2) is 0 Å². The summed E-state index contributed by atoms with van der Waals surface area (Å²) < 4.78 is 39.4. The van der Waals surface area contributed by atoms with Crippen LogP contribution in [0.25, 0.3) is 11.3 Å². The molecular weight excluding hydrogens is 331 g/mol. The van der Waals surface area contributed by atoms with Gasteiger partial charge in [-0.2, -0.15) is 18.3 Å². The number of aliphatic hydroxyl groups is 1. The molecule has 0 saturated carbocycles. The van der Waals surface area contributed by atoms with Crippen molar-refractivity contribution in [2.45, 2.75) is 25.2 Å². The van der Waals surface area contributed by atoms with Crippen LogP contribution in [0.15, 0.2) is 61.1 Å². The van der Waals surface area contributed by atoms with Crippen LogP contribution in [0.5, 0.6) is 0 Å². The van der Waals surface area contributed by atoms with Crippen LogP contribution < -0.4 is 0 Å². The Balaban J connectivity index is 1.68. The van der Waals surface area contributed by atoms with E-state index >= 15 is 0 Å². The quantitative estimate of drug-likeness (QED) is 0.768. The fourth-order valence-corrected chi connectivity index (χ4v) is 2.61. The number of halogens is 3. The summed E-state index contributed by atoms with van der Waals surface area (Å²) in [5.74, 6) is 0. The topological polar surface area (TPSA) is 50.9 Å². The highest BCUT2D eigenvalue weighted by atomic mass is 19.4. The second-order valence-corrected chi connectivity index (χ2v) is 5.69. The van der Waals surface area contributed by atoms with Gasteiger partial charge in [0.1, 0.15) is 0 Å². The van der Waals surface area contributed by atoms with Crippen molar-refractivity contribution in [1.82, 2.24) is 14.8 Å². The molecule has 3 aromatic rings. The molecule has 1 N–H and O–H groups in total. The highest BCUT2D eigenvalue weighted by molar-refractivity contribution is 5.58. The first-order chi connectivity index (χ1) is 11.9. The highest BCUT2D eigenvalue weighted by Gasteiger charge is 2.30. The van der Waals surface area contributed by atoms with Gasteiger partial charge in [-0.15, -0.1) is 0 Å². The van der Waals surface area contributed by atoms with E-state index in [1.165, 1.54) is 12.1 Å². The molecule has 0 saturated heterocycles. The van der Waals surface area contributed by atoms with Crippen molar-refractivity contribution in [2.24, 2.45) is 0 Å². The first kappa shape index (κ1) is 17.2. The summed E-state index contributed by atoms with van der Waals surface area (Å²) in [6.07, 6.45) is 0.105. The SMILES string of the molecule is OC(Cc1ccc(C(F)(F)F)cc1)Cn1nccc1-c1ccncc1. The van der Waals surface area contributed by atoms with Crippen LogP contribution in [0.4, 0.5) is 13.2 Å². The summed E-state index contributed by atoms with van der Waals surface area (Å²) >= 11 is 0. The van der Waals surface area contributed by atoms with Gasteiger partial charge >= 0.3 is 6.18 Å². The number of nitrogens with zero attached hydrogens (tertiary/aromatic N) is 3. The van der Waals surface area contributed by atoms with Crippen molar-refractivity contribution in [3.8, 4) is 11.3 Å². The van der Waals surface area contributed by atoms with E-state index in [4.69, 9.17) is 0 Å². The van der Waals surface area contributed by atoms with Gasteiger partial charge in [0.25, 0.3) is 0 Å². The normalized spacial score (nSPS) is 13.0. The summed E-state index contributed by atoms with van der Waals surface area (Å²) in [5, 5.41) is 14.5. The first-order valence-electron chi connectivity index (χ1n) is 7.70. The minimum atomic E-state index is -4.36. The van der Waals surface area contributed by atoms with E-state index in [1.54, 1.807) is 23.3 Å². The third-order valence-electron chi connectivity index (χ3n) is 3.83. The van der Waals surface area contributed by atoms with Crippen LogP contribution in [-0.2, 0) is 19.1 Å². The van der Waals surface area contributed by atoms with E-state index in [1.807, 2.05) is 18.2 Å². The number of hydrogen-bond donors (Lipinski definition) is 1. The van der Waals surface area contributed by atoms with Crippen molar-refractivity contribution in [3.63, 3.8) is 0 Å². The third kappa shape index (κ3) is 4.24. The molecule has 0 aliphatic carbocycles. The molecule has 0 radical (unpaired) electrons. The molecule has 4 nitrogen and oxygen atoms in total. The number of hydrogen-bond acceptors (Lipinski definition) is 3. The number of rotatable bonds is 5. The molecule has 7 heteroatoms. The lowest BCUT2D eigenvalue weighted by atomic mass is 10.1. The zero-order chi connectivity index (χ0) is 17.9. The van der Waals surface area contributed by atoms with Gasteiger partial charge in [-0.05, 0) is 35.9 Å². The standard InChI is InChI=1S/C18H16F3N3O/c19-18(20,21)15-3-1-13(2-4-15)11-16(25)12-24-17(7-10-23-24)14-5-8-22-9-6-14/h1-10,16,25H,11-12H2. The third-order valence-corrected chi connectivity index (χ3v) is 3.83. The Morgan fingerprint density at radius 1 is 0.960 bits per heavy atom. The van der Waals surface area contributed by atoms with Crippen molar-refractivity contribution in [2.75, 3.05) is 0 Å². The molecular formula is C18H16F3N3O. The van der Waals surface area contributed by atoms with E-state index in [9.17, 15) is 18.3 Å². The monoisotopic (exact) mass is 347 g/mol. The van der Waals surface area contributed by atoms with E-state index < -0.39 is 17.8 Å². The summed E-state index contributed by atoms with van der Waals surface area (Å²) in [5.41, 5.74) is 1.71. The highest BCUT2D eigenvalue weighted by Crippen LogP contribution is 2.29. The molecule has 1 unspecified atom stereocenters. The molecule has 130 valence electrons. The Morgan fingerprint density at radius 2 is 1.64 bits per heavy atom. The lowest BCUT2D eigenvalue weighted by molar-refractivity contribution is -0.137. The predicted octanol–water partition coefficient (Wildman–Crippen LogP) is 3.57. The maximum atomic E-state index is 12.6. The molecule has 0 fully saturated rings. The molecule has 0 bridgehead atoms. The van der Waals surface area contributed by atoms with Crippen LogP contribution >= 0.6 is 0 Å². The predicted molar refractivity (Wildman–Crippen MR) is 86.6 cm³/mol. The molecule has 0 aliphatic rings. The van der Waals surface area contributed by atoms with Crippen molar-refractivity contribution in [1.29, 1.82) is 0 Å². The maximum absolute atomic E-state index is 12.6. The second kappa shape index (κ2) is 7.06. The lowest BCUT2D eigenvalue weighted by Gasteiger charge is -2.14. The number of benzene rings is 1. The van der Waals surface area contributed by atoms with E-state index in [2.05, 4.69) is 10.1 Å². The first-order valence-corrected chi connectivity index (χ1v) is 7.70. The molecule has 0 aliphatic heterocycles. The Hall–Kier alpha value is -2.67. The molecule has 0 amide bonds. The summed E-state index contributed by atoms with van der Waals surface area (Å²) in [4.78, 5) is 3.97. The van der Waals surface area contributed by atoms with Gasteiger partial charge in [0.05, 0.1) is 23.9 Å². The van der Waals surface area contributed by atoms with Gasteiger partial charge < -0.3 is 5.11 Å². The van der Waals surface area contributed by atoms with Crippen LogP contribution in [-0.4, -0.2) is 26.0 Å². The minimum absolute atomic E-state index is 0.242. The number of aliphatic hydroxyl groups excluding tert-OH is 1. The van der Waals surface area contributed by atoms with E-state index in [-0.39, 0.29) is 13.0 Å². The second-order valence-electron chi connectivity index (χ2n) is 5.69. The Bertz CT molecular complexity index is 814. The van der Waals surface area contributed by atoms with Crippen LogP contribution in [0.2, 0.25) is 0 Å².